The van der Waals surface area contributed by atoms with E-state index in [0.717, 1.165) is 46.4 Å². The number of benzene rings is 1. The molecule has 1 atom stereocenters. The summed E-state index contributed by atoms with van der Waals surface area (Å²) in [6.45, 7) is 4.14. The van der Waals surface area contributed by atoms with Gasteiger partial charge in [-0.1, -0.05) is 25.1 Å². The Morgan fingerprint density at radius 3 is 2.78 bits per heavy atom. The van der Waals surface area contributed by atoms with E-state index in [9.17, 15) is 0 Å². The van der Waals surface area contributed by atoms with Crippen LogP contribution in [0, 0.1) is 0 Å². The topological polar surface area (TPSA) is 65.2 Å². The fraction of sp³-hybridized carbons (Fsp3) is 0.333. The van der Waals surface area contributed by atoms with E-state index in [4.69, 9.17) is 15.9 Å². The number of hydrogen-bond acceptors (Lipinski definition) is 3. The maximum absolute atomic E-state index is 6.58. The van der Waals surface area contributed by atoms with Crippen LogP contribution in [0.25, 0.3) is 16.7 Å². The van der Waals surface area contributed by atoms with Gasteiger partial charge in [-0.3, -0.25) is 0 Å². The molecule has 18 heavy (non-hydrogen) atoms. The van der Waals surface area contributed by atoms with E-state index in [1.165, 1.54) is 0 Å². The lowest BCUT2D eigenvalue weighted by molar-refractivity contribution is 0.409. The molecule has 0 saturated heterocycles. The predicted octanol–water partition coefficient (Wildman–Crippen LogP) is 3.09. The molecule has 94 valence electrons. The highest BCUT2D eigenvalue weighted by molar-refractivity contribution is 5.89. The first-order chi connectivity index (χ1) is 8.57. The maximum Gasteiger partial charge on any atom is 0.156 e. The number of fused-ring (bicyclic) bond motifs is 3. The van der Waals surface area contributed by atoms with Crippen molar-refractivity contribution in [1.29, 1.82) is 0 Å². The Labute approximate surface area is 106 Å². The van der Waals surface area contributed by atoms with Crippen molar-refractivity contribution in [3.05, 3.63) is 41.2 Å². The second-order valence-corrected chi connectivity index (χ2v) is 5.18. The van der Waals surface area contributed by atoms with Gasteiger partial charge in [0.25, 0.3) is 0 Å². The Morgan fingerprint density at radius 1 is 1.33 bits per heavy atom. The van der Waals surface area contributed by atoms with Gasteiger partial charge in [0.1, 0.15) is 5.58 Å². The van der Waals surface area contributed by atoms with Crippen molar-refractivity contribution >= 4 is 16.7 Å². The molecule has 3 rings (SSSR count). The van der Waals surface area contributed by atoms with E-state index in [1.54, 1.807) is 0 Å². The molecule has 3 nitrogen and oxygen atoms in total. The van der Waals surface area contributed by atoms with Crippen LogP contribution in [0.4, 0.5) is 0 Å². The Bertz CT molecular complexity index is 654. The zero-order chi connectivity index (χ0) is 12.9. The molecule has 2 aromatic rings. The minimum Gasteiger partial charge on any atom is -0.454 e. The fourth-order valence-corrected chi connectivity index (χ4v) is 2.88. The molecule has 0 radical (unpaired) electrons. The molecule has 0 amide bonds. The minimum atomic E-state index is -0.366. The Kier molecular flexibility index (Phi) is 2.29. The van der Waals surface area contributed by atoms with Crippen molar-refractivity contribution in [2.75, 3.05) is 0 Å². The summed E-state index contributed by atoms with van der Waals surface area (Å²) in [5, 5.41) is 1.09. The third-order valence-electron chi connectivity index (χ3n) is 4.01. The highest BCUT2D eigenvalue weighted by Gasteiger charge is 2.37. The summed E-state index contributed by atoms with van der Waals surface area (Å²) in [5.74, 6) is 0.768. The molecule has 0 spiro atoms. The van der Waals surface area contributed by atoms with Crippen LogP contribution in [0.15, 0.2) is 34.3 Å². The lowest BCUT2D eigenvalue weighted by atomic mass is 9.76. The van der Waals surface area contributed by atoms with Gasteiger partial charge in [-0.15, -0.1) is 0 Å². The standard InChI is InChI=1S/C15H18N2O/c1-3-15(17)8-9(2)13(16)14-12(15)10-6-4-5-7-11(10)18-14/h4-7H,3,8,16-17H2,1-2H3. The first-order valence-corrected chi connectivity index (χ1v) is 6.33. The molecule has 1 aromatic carbocycles. The van der Waals surface area contributed by atoms with E-state index in [-0.39, 0.29) is 5.54 Å². The molecule has 1 unspecified atom stereocenters. The number of hydrogen-bond donors (Lipinski definition) is 2. The third-order valence-corrected chi connectivity index (χ3v) is 4.01. The van der Waals surface area contributed by atoms with Crippen molar-refractivity contribution in [3.8, 4) is 0 Å². The predicted molar refractivity (Wildman–Crippen MR) is 73.8 cm³/mol. The van der Waals surface area contributed by atoms with E-state index < -0.39 is 0 Å². The Hall–Kier alpha value is -1.74. The molecule has 1 aliphatic rings. The van der Waals surface area contributed by atoms with Gasteiger partial charge >= 0.3 is 0 Å². The molecule has 0 aliphatic heterocycles. The van der Waals surface area contributed by atoms with Crippen molar-refractivity contribution in [1.82, 2.24) is 0 Å². The van der Waals surface area contributed by atoms with E-state index in [2.05, 4.69) is 13.0 Å². The molecule has 1 aliphatic carbocycles. The molecule has 1 heterocycles. The van der Waals surface area contributed by atoms with Gasteiger partial charge in [0.15, 0.2) is 5.76 Å². The van der Waals surface area contributed by atoms with Gasteiger partial charge in [0.05, 0.1) is 5.70 Å². The van der Waals surface area contributed by atoms with Crippen LogP contribution in [0.5, 0.6) is 0 Å². The number of nitrogens with two attached hydrogens (primary N) is 2. The molecule has 3 heteroatoms. The van der Waals surface area contributed by atoms with Crippen molar-refractivity contribution in [2.45, 2.75) is 32.2 Å². The average Bonchev–Trinajstić information content (AvgIpc) is 2.76. The molecule has 0 bridgehead atoms. The Balaban J connectivity index is 2.41. The summed E-state index contributed by atoms with van der Waals surface area (Å²) in [5.41, 5.74) is 16.2. The van der Waals surface area contributed by atoms with Gasteiger partial charge in [-0.2, -0.15) is 0 Å². The summed E-state index contributed by atoms with van der Waals surface area (Å²) in [6.07, 6.45) is 1.67. The zero-order valence-electron chi connectivity index (χ0n) is 10.8. The quantitative estimate of drug-likeness (QED) is 0.807. The van der Waals surface area contributed by atoms with Crippen molar-refractivity contribution in [3.63, 3.8) is 0 Å². The summed E-state index contributed by atoms with van der Waals surface area (Å²) < 4.78 is 5.91. The SMILES string of the molecule is CCC1(N)CC(C)=C(N)c2oc3ccccc3c21. The molecular formula is C15H18N2O. The lowest BCUT2D eigenvalue weighted by Crippen LogP contribution is -2.39. The highest BCUT2D eigenvalue weighted by atomic mass is 16.3. The minimum absolute atomic E-state index is 0.366. The molecule has 4 N–H and O–H groups in total. The first kappa shape index (κ1) is 11.4. The van der Waals surface area contributed by atoms with E-state index in [1.807, 2.05) is 25.1 Å². The molecule has 0 fully saturated rings. The van der Waals surface area contributed by atoms with Crippen LogP contribution in [0.1, 0.15) is 38.0 Å². The van der Waals surface area contributed by atoms with Gasteiger partial charge in [0, 0.05) is 16.5 Å². The van der Waals surface area contributed by atoms with Crippen molar-refractivity contribution in [2.24, 2.45) is 11.5 Å². The largest absolute Gasteiger partial charge is 0.454 e. The van der Waals surface area contributed by atoms with Gasteiger partial charge in [-0.05, 0) is 31.4 Å². The van der Waals surface area contributed by atoms with Crippen LogP contribution < -0.4 is 11.5 Å². The zero-order valence-corrected chi connectivity index (χ0v) is 10.8. The maximum atomic E-state index is 6.58. The van der Waals surface area contributed by atoms with E-state index >= 15 is 0 Å². The first-order valence-electron chi connectivity index (χ1n) is 6.33. The summed E-state index contributed by atoms with van der Waals surface area (Å²) in [6, 6.07) is 8.00. The summed E-state index contributed by atoms with van der Waals surface area (Å²) in [7, 11) is 0. The normalized spacial score (nSPS) is 23.5. The van der Waals surface area contributed by atoms with Crippen LogP contribution in [0.3, 0.4) is 0 Å². The molecule has 0 saturated carbocycles. The summed E-state index contributed by atoms with van der Waals surface area (Å²) in [4.78, 5) is 0. The third kappa shape index (κ3) is 1.34. The number of para-hydroxylation sites is 1. The second kappa shape index (κ2) is 3.62. The number of rotatable bonds is 1. The average molecular weight is 242 g/mol. The van der Waals surface area contributed by atoms with Crippen molar-refractivity contribution < 1.29 is 4.42 Å². The van der Waals surface area contributed by atoms with Crippen LogP contribution >= 0.6 is 0 Å². The van der Waals surface area contributed by atoms with Gasteiger partial charge in [-0.25, -0.2) is 0 Å². The Morgan fingerprint density at radius 2 is 2.06 bits per heavy atom. The lowest BCUT2D eigenvalue weighted by Gasteiger charge is -2.33. The fourth-order valence-electron chi connectivity index (χ4n) is 2.88. The highest BCUT2D eigenvalue weighted by Crippen LogP contribution is 2.44. The number of furan rings is 1. The van der Waals surface area contributed by atoms with Crippen LogP contribution in [-0.4, -0.2) is 0 Å². The monoisotopic (exact) mass is 242 g/mol. The second-order valence-electron chi connectivity index (χ2n) is 5.18. The van der Waals surface area contributed by atoms with Gasteiger partial charge < -0.3 is 15.9 Å². The van der Waals surface area contributed by atoms with Crippen LogP contribution in [-0.2, 0) is 5.54 Å². The molecule has 1 aromatic heterocycles. The van der Waals surface area contributed by atoms with Crippen LogP contribution in [0.2, 0.25) is 0 Å². The van der Waals surface area contributed by atoms with E-state index in [0.29, 0.717) is 0 Å². The molecular weight excluding hydrogens is 224 g/mol. The summed E-state index contributed by atoms with van der Waals surface area (Å²) >= 11 is 0. The smallest absolute Gasteiger partial charge is 0.156 e. The van der Waals surface area contributed by atoms with Gasteiger partial charge in [0.2, 0.25) is 0 Å².